The van der Waals surface area contributed by atoms with Crippen molar-refractivity contribution in [2.24, 2.45) is 0 Å². The maximum absolute atomic E-state index is 12.9. The molecule has 156 valence electrons. The van der Waals surface area contributed by atoms with Gasteiger partial charge in [-0.2, -0.15) is 0 Å². The van der Waals surface area contributed by atoms with E-state index in [4.69, 9.17) is 4.74 Å². The number of amides is 1. The van der Waals surface area contributed by atoms with Crippen molar-refractivity contribution < 1.29 is 9.53 Å². The maximum atomic E-state index is 12.9. The summed E-state index contributed by atoms with van der Waals surface area (Å²) in [7, 11) is 0. The monoisotopic (exact) mass is 398 g/mol. The number of nitrogens with one attached hydrogen (secondary N) is 2. The number of anilines is 1. The molecule has 2 aromatic rings. The van der Waals surface area contributed by atoms with Crippen molar-refractivity contribution in [2.45, 2.75) is 53.1 Å². The summed E-state index contributed by atoms with van der Waals surface area (Å²) in [5.74, 6) is 0.643. The molecule has 0 radical (unpaired) electrons. The van der Waals surface area contributed by atoms with Crippen LogP contribution in [0.15, 0.2) is 23.1 Å². The third-order valence-corrected chi connectivity index (χ3v) is 5.59. The first-order chi connectivity index (χ1) is 13.9. The van der Waals surface area contributed by atoms with E-state index < -0.39 is 0 Å². The summed E-state index contributed by atoms with van der Waals surface area (Å²) < 4.78 is 5.48. The summed E-state index contributed by atoms with van der Waals surface area (Å²) >= 11 is 0. The third kappa shape index (κ3) is 4.67. The molecule has 0 aromatic carbocycles. The number of hydrogen-bond acceptors (Lipinski definition) is 5. The van der Waals surface area contributed by atoms with E-state index in [0.29, 0.717) is 17.2 Å². The zero-order chi connectivity index (χ0) is 21.0. The molecule has 1 saturated heterocycles. The Morgan fingerprint density at radius 3 is 2.69 bits per heavy atom. The second kappa shape index (κ2) is 9.22. The molecule has 0 spiro atoms. The number of H-pyrrole nitrogens is 1. The summed E-state index contributed by atoms with van der Waals surface area (Å²) in [6, 6.07) is 4.01. The highest BCUT2D eigenvalue weighted by atomic mass is 16.5. The van der Waals surface area contributed by atoms with Crippen LogP contribution in [0.5, 0.6) is 0 Å². The number of hydrogen-bond donors (Lipinski definition) is 2. The summed E-state index contributed by atoms with van der Waals surface area (Å²) in [6.07, 6.45) is 3.60. The highest BCUT2D eigenvalue weighted by Crippen LogP contribution is 2.26. The number of pyridine rings is 2. The second-order valence-electron chi connectivity index (χ2n) is 7.56. The van der Waals surface area contributed by atoms with E-state index in [0.717, 1.165) is 55.2 Å². The minimum atomic E-state index is -0.200. The Balaban J connectivity index is 1.79. The van der Waals surface area contributed by atoms with Crippen molar-refractivity contribution in [3.63, 3.8) is 0 Å². The van der Waals surface area contributed by atoms with Crippen LogP contribution in [0.1, 0.15) is 52.5 Å². The molecule has 2 N–H and O–H groups in total. The first-order valence-corrected chi connectivity index (χ1v) is 10.2. The lowest BCUT2D eigenvalue weighted by molar-refractivity contribution is 0.0844. The van der Waals surface area contributed by atoms with Crippen LogP contribution < -0.4 is 15.8 Å². The molecule has 29 heavy (non-hydrogen) atoms. The van der Waals surface area contributed by atoms with Crippen LogP contribution in [0.3, 0.4) is 0 Å². The van der Waals surface area contributed by atoms with E-state index in [-0.39, 0.29) is 18.0 Å². The smallest absolute Gasteiger partial charge is 0.253 e. The van der Waals surface area contributed by atoms with Gasteiger partial charge < -0.3 is 19.9 Å². The van der Waals surface area contributed by atoms with Crippen LogP contribution in [0.2, 0.25) is 0 Å². The molecule has 1 aliphatic heterocycles. The van der Waals surface area contributed by atoms with Crippen molar-refractivity contribution in [1.29, 1.82) is 0 Å². The lowest BCUT2D eigenvalue weighted by atomic mass is 10.0. The molecule has 0 atom stereocenters. The number of rotatable bonds is 6. The quantitative estimate of drug-likeness (QED) is 0.781. The maximum Gasteiger partial charge on any atom is 0.253 e. The SMILES string of the molecule is CCN(c1nccc(C(=O)NCc2c(C)cc(C)[nH]c2=O)c1C)C1CCOCC1. The molecule has 0 aliphatic carbocycles. The van der Waals surface area contributed by atoms with Crippen molar-refractivity contribution in [1.82, 2.24) is 15.3 Å². The molecule has 7 heteroatoms. The highest BCUT2D eigenvalue weighted by molar-refractivity contribution is 5.96. The van der Waals surface area contributed by atoms with Crippen LogP contribution in [-0.2, 0) is 11.3 Å². The van der Waals surface area contributed by atoms with E-state index in [2.05, 4.69) is 27.1 Å². The van der Waals surface area contributed by atoms with E-state index in [1.165, 1.54) is 0 Å². The highest BCUT2D eigenvalue weighted by Gasteiger charge is 2.24. The Hall–Kier alpha value is -2.67. The van der Waals surface area contributed by atoms with Crippen LogP contribution in [-0.4, -0.2) is 41.7 Å². The molecular weight excluding hydrogens is 368 g/mol. The summed E-state index contributed by atoms with van der Waals surface area (Å²) in [4.78, 5) is 34.7. The fourth-order valence-electron chi connectivity index (χ4n) is 4.00. The number of carbonyl (C=O) groups is 1. The lowest BCUT2D eigenvalue weighted by Crippen LogP contribution is -2.40. The van der Waals surface area contributed by atoms with Gasteiger partial charge in [0.25, 0.3) is 11.5 Å². The molecule has 1 amide bonds. The van der Waals surface area contributed by atoms with E-state index in [1.807, 2.05) is 26.8 Å². The largest absolute Gasteiger partial charge is 0.381 e. The van der Waals surface area contributed by atoms with Crippen LogP contribution >= 0.6 is 0 Å². The zero-order valence-electron chi connectivity index (χ0n) is 17.7. The molecule has 3 heterocycles. The number of aromatic amines is 1. The predicted molar refractivity (Wildman–Crippen MR) is 114 cm³/mol. The Labute approximate surface area is 171 Å². The molecule has 1 aliphatic rings. The average molecular weight is 399 g/mol. The van der Waals surface area contributed by atoms with Gasteiger partial charge in [0.15, 0.2) is 0 Å². The van der Waals surface area contributed by atoms with Gasteiger partial charge in [0.1, 0.15) is 5.82 Å². The van der Waals surface area contributed by atoms with Crippen molar-refractivity contribution in [3.05, 3.63) is 56.6 Å². The predicted octanol–water partition coefficient (Wildman–Crippen LogP) is 2.63. The Morgan fingerprint density at radius 2 is 2.03 bits per heavy atom. The van der Waals surface area contributed by atoms with E-state index in [9.17, 15) is 9.59 Å². The Kier molecular flexibility index (Phi) is 6.69. The van der Waals surface area contributed by atoms with Crippen LogP contribution in [0, 0.1) is 20.8 Å². The van der Waals surface area contributed by atoms with Crippen molar-refractivity contribution in [3.8, 4) is 0 Å². The van der Waals surface area contributed by atoms with Gasteiger partial charge in [0.05, 0.1) is 0 Å². The van der Waals surface area contributed by atoms with Gasteiger partial charge in [-0.05, 0) is 58.2 Å². The minimum absolute atomic E-state index is 0.161. The minimum Gasteiger partial charge on any atom is -0.381 e. The van der Waals surface area contributed by atoms with E-state index in [1.54, 1.807) is 12.3 Å². The number of carbonyl (C=O) groups excluding carboxylic acids is 1. The summed E-state index contributed by atoms with van der Waals surface area (Å²) in [5, 5.41) is 2.90. The standard InChI is InChI=1S/C22H30N4O3/c1-5-26(17-7-10-29-11-8-17)20-16(4)18(6-9-23-20)21(27)24-13-19-14(2)12-15(3)25-22(19)28/h6,9,12,17H,5,7-8,10-11,13H2,1-4H3,(H,24,27)(H,25,28). The molecule has 2 aromatic heterocycles. The van der Waals surface area contributed by atoms with Gasteiger partial charge in [0, 0.05) is 60.9 Å². The third-order valence-electron chi connectivity index (χ3n) is 5.59. The first kappa shape index (κ1) is 21.0. The Morgan fingerprint density at radius 1 is 1.31 bits per heavy atom. The van der Waals surface area contributed by atoms with Gasteiger partial charge in [-0.15, -0.1) is 0 Å². The topological polar surface area (TPSA) is 87.3 Å². The molecule has 1 fully saturated rings. The molecule has 7 nitrogen and oxygen atoms in total. The first-order valence-electron chi connectivity index (χ1n) is 10.2. The Bertz CT molecular complexity index is 932. The fraction of sp³-hybridized carbons (Fsp3) is 0.500. The van der Waals surface area contributed by atoms with Gasteiger partial charge in [-0.3, -0.25) is 9.59 Å². The average Bonchev–Trinajstić information content (AvgIpc) is 2.69. The van der Waals surface area contributed by atoms with Crippen LogP contribution in [0.4, 0.5) is 5.82 Å². The summed E-state index contributed by atoms with van der Waals surface area (Å²) in [5.41, 5.74) is 3.54. The molecular formula is C22H30N4O3. The van der Waals surface area contributed by atoms with Crippen molar-refractivity contribution >= 4 is 11.7 Å². The van der Waals surface area contributed by atoms with Crippen molar-refractivity contribution in [2.75, 3.05) is 24.7 Å². The molecule has 0 saturated carbocycles. The molecule has 0 bridgehead atoms. The van der Waals surface area contributed by atoms with E-state index >= 15 is 0 Å². The van der Waals surface area contributed by atoms with Gasteiger partial charge >= 0.3 is 0 Å². The van der Waals surface area contributed by atoms with Gasteiger partial charge in [-0.1, -0.05) is 0 Å². The normalized spacial score (nSPS) is 14.6. The number of nitrogens with zero attached hydrogens (tertiary/aromatic N) is 2. The van der Waals surface area contributed by atoms with Gasteiger partial charge in [-0.25, -0.2) is 4.98 Å². The molecule has 0 unspecified atom stereocenters. The second-order valence-corrected chi connectivity index (χ2v) is 7.56. The number of aromatic nitrogens is 2. The van der Waals surface area contributed by atoms with Crippen LogP contribution in [0.25, 0.3) is 0 Å². The number of ether oxygens (including phenoxy) is 1. The molecule has 3 rings (SSSR count). The van der Waals surface area contributed by atoms with Gasteiger partial charge in [0.2, 0.25) is 0 Å². The summed E-state index contributed by atoms with van der Waals surface area (Å²) in [6.45, 7) is 10.3. The fourth-order valence-corrected chi connectivity index (χ4v) is 4.00. The zero-order valence-corrected chi connectivity index (χ0v) is 17.7. The lowest BCUT2D eigenvalue weighted by Gasteiger charge is -2.35. The number of aryl methyl sites for hydroxylation is 2.